The van der Waals surface area contributed by atoms with Crippen molar-refractivity contribution in [2.45, 2.75) is 6.92 Å². The van der Waals surface area contributed by atoms with E-state index in [0.717, 1.165) is 0 Å². The molecule has 0 fully saturated rings. The zero-order valence-electron chi connectivity index (χ0n) is 7.83. The summed E-state index contributed by atoms with van der Waals surface area (Å²) in [5.74, 6) is 0.177. The van der Waals surface area contributed by atoms with Gasteiger partial charge in [-0.25, -0.2) is 4.79 Å². The van der Waals surface area contributed by atoms with Gasteiger partial charge in [0.15, 0.2) is 23.0 Å². The smallest absolute Gasteiger partial charge is 0.341 e. The molecule has 0 heterocycles. The predicted molar refractivity (Wildman–Crippen MR) is 57.0 cm³/mol. The summed E-state index contributed by atoms with van der Waals surface area (Å²) in [5.41, 5.74) is 0.457. The number of esters is 1. The number of hydrogen-bond acceptors (Lipinski definition) is 3. The fourth-order valence-corrected chi connectivity index (χ4v) is 1.30. The van der Waals surface area contributed by atoms with E-state index in [-0.39, 0.29) is 25.4 Å². The fraction of sp³-hybridized carbons (Fsp3) is 0.222. The van der Waals surface area contributed by atoms with Crippen molar-refractivity contribution in [1.29, 1.82) is 0 Å². The van der Waals surface area contributed by atoms with Crippen LogP contribution in [0.2, 0.25) is 0 Å². The van der Waals surface area contributed by atoms with Crippen molar-refractivity contribution in [3.05, 3.63) is 29.8 Å². The quantitative estimate of drug-likeness (QED) is 0.474. The van der Waals surface area contributed by atoms with Crippen molar-refractivity contribution < 1.29 is 32.1 Å². The van der Waals surface area contributed by atoms with Crippen LogP contribution < -0.4 is 3.07 Å². The van der Waals surface area contributed by atoms with E-state index in [4.69, 9.17) is 7.80 Å². The maximum Gasteiger partial charge on any atom is 0.341 e. The van der Waals surface area contributed by atoms with Gasteiger partial charge in [-0.05, 0) is 19.1 Å². The van der Waals surface area contributed by atoms with E-state index in [1.165, 1.54) is 0 Å². The van der Waals surface area contributed by atoms with Crippen LogP contribution in [0.4, 0.5) is 0 Å². The summed E-state index contributed by atoms with van der Waals surface area (Å²) in [6.07, 6.45) is 0. The molecule has 3 nitrogen and oxygen atoms in total. The number of rotatable bonds is 3. The van der Waals surface area contributed by atoms with Crippen LogP contribution in [0.15, 0.2) is 24.3 Å². The van der Waals surface area contributed by atoms with Crippen molar-refractivity contribution in [3.8, 4) is 5.75 Å². The average Bonchev–Trinajstić information content (AvgIpc) is 2.18. The van der Waals surface area contributed by atoms with Crippen LogP contribution in [-0.4, -0.2) is 12.6 Å². The molecule has 0 amide bonds. The monoisotopic (exact) mass is 356 g/mol. The maximum atomic E-state index is 11.3. The Balaban J connectivity index is 0.00000169. The van der Waals surface area contributed by atoms with Crippen molar-refractivity contribution in [1.82, 2.24) is 0 Å². The minimum absolute atomic E-state index is 0. The standard InChI is InChI=1S/C9H9IO3.Zn/c1-2-12-9(11)7-5-3-4-6-8(7)13-10;/h3-6H,2H2,1H3;. The van der Waals surface area contributed by atoms with Gasteiger partial charge in [-0.1, -0.05) is 12.1 Å². The van der Waals surface area contributed by atoms with Crippen LogP contribution in [0, 0.1) is 0 Å². The molecule has 0 aliphatic heterocycles. The third kappa shape index (κ3) is 3.54. The Kier molecular flexibility index (Phi) is 7.10. The molecule has 72 valence electrons. The molecule has 0 bridgehead atoms. The molecule has 0 unspecified atom stereocenters. The first-order valence-corrected chi connectivity index (χ1v) is 4.72. The van der Waals surface area contributed by atoms with Gasteiger partial charge in [-0.3, -0.25) is 0 Å². The van der Waals surface area contributed by atoms with Crippen LogP contribution in [0.25, 0.3) is 0 Å². The summed E-state index contributed by atoms with van der Waals surface area (Å²) >= 11 is 1.73. The Labute approximate surface area is 110 Å². The molecule has 1 aromatic carbocycles. The Morgan fingerprint density at radius 1 is 1.43 bits per heavy atom. The Hall–Kier alpha value is -0.157. The summed E-state index contributed by atoms with van der Waals surface area (Å²) < 4.78 is 9.83. The number of carbonyl (C=O) groups is 1. The van der Waals surface area contributed by atoms with Gasteiger partial charge in [-0.2, -0.15) is 0 Å². The number of carbonyl (C=O) groups excluding carboxylic acids is 1. The van der Waals surface area contributed by atoms with Crippen LogP contribution in [-0.2, 0) is 24.2 Å². The summed E-state index contributed by atoms with van der Waals surface area (Å²) in [6.45, 7) is 2.14. The first-order valence-electron chi connectivity index (χ1n) is 3.84. The minimum atomic E-state index is -0.352. The van der Waals surface area contributed by atoms with E-state index in [2.05, 4.69) is 0 Å². The SMILES string of the molecule is CCOC(=O)c1ccccc1OI.[Zn]. The van der Waals surface area contributed by atoms with Gasteiger partial charge < -0.3 is 7.80 Å². The molecule has 0 aliphatic rings. The summed E-state index contributed by atoms with van der Waals surface area (Å²) in [5, 5.41) is 0. The van der Waals surface area contributed by atoms with Gasteiger partial charge in [0.25, 0.3) is 0 Å². The molecule has 1 rings (SSSR count). The van der Waals surface area contributed by atoms with Gasteiger partial charge in [-0.15, -0.1) is 0 Å². The van der Waals surface area contributed by atoms with Crippen LogP contribution >= 0.6 is 23.0 Å². The Morgan fingerprint density at radius 3 is 2.64 bits per heavy atom. The van der Waals surface area contributed by atoms with Gasteiger partial charge in [0.05, 0.1) is 6.61 Å². The van der Waals surface area contributed by atoms with E-state index < -0.39 is 0 Å². The molecule has 0 N–H and O–H groups in total. The molecule has 0 saturated carbocycles. The number of para-hydroxylation sites is 1. The number of halogens is 1. The molecular weight excluding hydrogens is 348 g/mol. The normalized spacial score (nSPS) is 8.71. The molecule has 0 atom stereocenters. The Morgan fingerprint density at radius 2 is 2.07 bits per heavy atom. The molecule has 0 aromatic heterocycles. The molecule has 5 heteroatoms. The van der Waals surface area contributed by atoms with E-state index in [1.807, 2.05) is 0 Å². The molecular formula is C9H9IO3Zn. The molecule has 1 aromatic rings. The second-order valence-corrected chi connectivity index (χ2v) is 2.73. The van der Waals surface area contributed by atoms with E-state index >= 15 is 0 Å². The van der Waals surface area contributed by atoms with Crippen molar-refractivity contribution in [3.63, 3.8) is 0 Å². The minimum Gasteiger partial charge on any atom is -0.462 e. The topological polar surface area (TPSA) is 35.5 Å². The first-order chi connectivity index (χ1) is 6.29. The van der Waals surface area contributed by atoms with Crippen LogP contribution in [0.3, 0.4) is 0 Å². The molecule has 14 heavy (non-hydrogen) atoms. The first kappa shape index (κ1) is 13.8. The third-order valence-electron chi connectivity index (χ3n) is 1.47. The van der Waals surface area contributed by atoms with Crippen molar-refractivity contribution in [2.24, 2.45) is 0 Å². The van der Waals surface area contributed by atoms with Crippen LogP contribution in [0.5, 0.6) is 5.75 Å². The summed E-state index contributed by atoms with van der Waals surface area (Å²) in [6, 6.07) is 6.97. The van der Waals surface area contributed by atoms with E-state index in [9.17, 15) is 4.79 Å². The fourth-order valence-electron chi connectivity index (χ4n) is 0.911. The second-order valence-electron chi connectivity index (χ2n) is 2.29. The summed E-state index contributed by atoms with van der Waals surface area (Å²) in [4.78, 5) is 11.3. The number of ether oxygens (including phenoxy) is 1. The van der Waals surface area contributed by atoms with Gasteiger partial charge in [0.2, 0.25) is 0 Å². The predicted octanol–water partition coefficient (Wildman–Crippen LogP) is 2.59. The average molecular weight is 357 g/mol. The molecule has 0 saturated heterocycles. The zero-order valence-corrected chi connectivity index (χ0v) is 13.0. The van der Waals surface area contributed by atoms with Crippen LogP contribution in [0.1, 0.15) is 17.3 Å². The van der Waals surface area contributed by atoms with E-state index in [0.29, 0.717) is 17.9 Å². The van der Waals surface area contributed by atoms with Crippen molar-refractivity contribution in [2.75, 3.05) is 6.61 Å². The van der Waals surface area contributed by atoms with Gasteiger partial charge in [0.1, 0.15) is 11.3 Å². The van der Waals surface area contributed by atoms with Gasteiger partial charge in [0, 0.05) is 19.5 Å². The number of benzene rings is 1. The second kappa shape index (κ2) is 7.18. The Bertz CT molecular complexity index is 304. The van der Waals surface area contributed by atoms with Gasteiger partial charge >= 0.3 is 5.97 Å². The largest absolute Gasteiger partial charge is 0.462 e. The van der Waals surface area contributed by atoms with E-state index in [1.54, 1.807) is 54.2 Å². The maximum absolute atomic E-state index is 11.3. The third-order valence-corrected chi connectivity index (χ3v) is 1.94. The zero-order chi connectivity index (χ0) is 9.68. The number of hydrogen-bond donors (Lipinski definition) is 0. The molecule has 0 aliphatic carbocycles. The molecule has 0 radical (unpaired) electrons. The molecule has 0 spiro atoms. The van der Waals surface area contributed by atoms with Crippen molar-refractivity contribution >= 4 is 29.0 Å². The summed E-state index contributed by atoms with van der Waals surface area (Å²) in [7, 11) is 0.